The number of hydrogen-bond acceptors (Lipinski definition) is 11. The number of nitrogens with two attached hydrogens (primary N) is 2. The third-order valence-electron chi connectivity index (χ3n) is 6.74. The third kappa shape index (κ3) is 5.68. The van der Waals surface area contributed by atoms with Gasteiger partial charge in [0.15, 0.2) is 11.5 Å². The molecular weight excluding hydrogens is 534 g/mol. The van der Waals surface area contributed by atoms with E-state index in [9.17, 15) is 4.79 Å². The number of nitrogen functional groups attached to an aromatic ring is 2. The first-order valence-corrected chi connectivity index (χ1v) is 13.0. The van der Waals surface area contributed by atoms with Crippen LogP contribution in [-0.2, 0) is 11.2 Å². The highest BCUT2D eigenvalue weighted by Gasteiger charge is 2.30. The van der Waals surface area contributed by atoms with E-state index in [4.69, 9.17) is 20.9 Å². The van der Waals surface area contributed by atoms with E-state index in [1.54, 1.807) is 45.1 Å². The summed E-state index contributed by atoms with van der Waals surface area (Å²) in [4.78, 5) is 32.5. The van der Waals surface area contributed by atoms with Gasteiger partial charge in [-0.15, -0.1) is 0 Å². The fraction of sp³-hybridized carbons (Fsp3) is 0.200. The summed E-state index contributed by atoms with van der Waals surface area (Å²) < 4.78 is 11.2. The maximum atomic E-state index is 13.7. The molecule has 1 atom stereocenters. The second-order valence-corrected chi connectivity index (χ2v) is 9.74. The molecular formula is C30H31N9O3. The second-order valence-electron chi connectivity index (χ2n) is 9.74. The van der Waals surface area contributed by atoms with E-state index in [-0.39, 0.29) is 11.9 Å². The molecule has 4 aromatic rings. The van der Waals surface area contributed by atoms with Gasteiger partial charge in [-0.05, 0) is 29.3 Å². The Balaban J connectivity index is 1.49. The largest absolute Gasteiger partial charge is 0.493 e. The van der Waals surface area contributed by atoms with Gasteiger partial charge < -0.3 is 25.8 Å². The molecule has 0 aliphatic carbocycles. The van der Waals surface area contributed by atoms with Crippen LogP contribution in [0.1, 0.15) is 39.4 Å². The van der Waals surface area contributed by atoms with Gasteiger partial charge in [0.25, 0.3) is 5.91 Å². The number of carbonyl (C=O) groups is 1. The first kappa shape index (κ1) is 28.0. The fourth-order valence-corrected chi connectivity index (χ4v) is 4.72. The van der Waals surface area contributed by atoms with Crippen LogP contribution >= 0.6 is 0 Å². The molecule has 0 radical (unpaired) electrons. The van der Waals surface area contributed by atoms with Crippen LogP contribution in [0.2, 0.25) is 0 Å². The molecule has 3 heterocycles. The SMILES string of the molecule is COc1cc(Cc2cnc(N)nc2N)cc(/C=C/C(=O)N2N=Cc3ccccc3[C@H]2c2cnc(N(C)C)nc2)c1OC. The smallest absolute Gasteiger partial charge is 0.267 e. The number of rotatable bonds is 8. The number of hydrazone groups is 1. The topological polar surface area (TPSA) is 158 Å². The molecule has 1 aliphatic rings. The van der Waals surface area contributed by atoms with Crippen molar-refractivity contribution < 1.29 is 14.3 Å². The summed E-state index contributed by atoms with van der Waals surface area (Å²) in [7, 11) is 6.83. The number of benzene rings is 2. The fourth-order valence-electron chi connectivity index (χ4n) is 4.72. The Kier molecular flexibility index (Phi) is 7.96. The van der Waals surface area contributed by atoms with Crippen LogP contribution in [-0.4, -0.2) is 65.4 Å². The maximum Gasteiger partial charge on any atom is 0.267 e. The van der Waals surface area contributed by atoms with Crippen LogP contribution in [0.25, 0.3) is 6.08 Å². The van der Waals surface area contributed by atoms with Crippen molar-refractivity contribution >= 4 is 35.9 Å². The van der Waals surface area contributed by atoms with Gasteiger partial charge in [-0.3, -0.25) is 4.79 Å². The van der Waals surface area contributed by atoms with Crippen LogP contribution < -0.4 is 25.8 Å². The van der Waals surface area contributed by atoms with Crippen LogP contribution in [0.5, 0.6) is 11.5 Å². The molecule has 1 amide bonds. The third-order valence-corrected chi connectivity index (χ3v) is 6.74. The van der Waals surface area contributed by atoms with Crippen molar-refractivity contribution in [1.29, 1.82) is 0 Å². The number of aromatic nitrogens is 4. The molecule has 214 valence electrons. The lowest BCUT2D eigenvalue weighted by Gasteiger charge is -2.31. The summed E-state index contributed by atoms with van der Waals surface area (Å²) in [5.41, 5.74) is 16.4. The average molecular weight is 566 g/mol. The molecule has 5 rings (SSSR count). The molecule has 2 aromatic heterocycles. The average Bonchev–Trinajstić information content (AvgIpc) is 3.00. The summed E-state index contributed by atoms with van der Waals surface area (Å²) >= 11 is 0. The van der Waals surface area contributed by atoms with Crippen molar-refractivity contribution in [3.63, 3.8) is 0 Å². The van der Waals surface area contributed by atoms with Crippen molar-refractivity contribution in [2.24, 2.45) is 5.10 Å². The molecule has 0 saturated heterocycles. The van der Waals surface area contributed by atoms with Crippen LogP contribution in [0.15, 0.2) is 66.2 Å². The summed E-state index contributed by atoms with van der Waals surface area (Å²) in [6.45, 7) is 0. The molecule has 0 saturated carbocycles. The normalized spacial score (nSPS) is 14.1. The summed E-state index contributed by atoms with van der Waals surface area (Å²) in [5, 5.41) is 5.94. The zero-order chi connectivity index (χ0) is 29.8. The highest BCUT2D eigenvalue weighted by Crippen LogP contribution is 2.36. The van der Waals surface area contributed by atoms with Crippen LogP contribution in [0.4, 0.5) is 17.7 Å². The van der Waals surface area contributed by atoms with Gasteiger partial charge in [0.1, 0.15) is 11.9 Å². The van der Waals surface area contributed by atoms with Crippen LogP contribution in [0.3, 0.4) is 0 Å². The molecule has 0 bridgehead atoms. The van der Waals surface area contributed by atoms with Gasteiger partial charge >= 0.3 is 0 Å². The second kappa shape index (κ2) is 11.9. The lowest BCUT2D eigenvalue weighted by molar-refractivity contribution is -0.127. The molecule has 0 fully saturated rings. The van der Waals surface area contributed by atoms with E-state index >= 15 is 0 Å². The van der Waals surface area contributed by atoms with Gasteiger partial charge in [-0.1, -0.05) is 24.3 Å². The minimum absolute atomic E-state index is 0.104. The molecule has 0 spiro atoms. The molecule has 2 aromatic carbocycles. The Morgan fingerprint density at radius 2 is 1.81 bits per heavy atom. The first-order chi connectivity index (χ1) is 20.3. The van der Waals surface area contributed by atoms with Crippen LogP contribution in [0, 0.1) is 0 Å². The Bertz CT molecular complexity index is 1670. The number of ether oxygens (including phenoxy) is 2. The van der Waals surface area contributed by atoms with Crippen molar-refractivity contribution in [3.8, 4) is 11.5 Å². The zero-order valence-corrected chi connectivity index (χ0v) is 23.7. The maximum absolute atomic E-state index is 13.7. The number of methoxy groups -OCH3 is 2. The Morgan fingerprint density at radius 1 is 1.05 bits per heavy atom. The minimum atomic E-state index is -0.518. The predicted molar refractivity (Wildman–Crippen MR) is 161 cm³/mol. The number of nitrogens with zero attached hydrogens (tertiary/aromatic N) is 7. The van der Waals surface area contributed by atoms with Crippen molar-refractivity contribution in [2.75, 3.05) is 44.7 Å². The van der Waals surface area contributed by atoms with Gasteiger partial charge in [0.05, 0.1) is 20.4 Å². The van der Waals surface area contributed by atoms with Gasteiger partial charge in [-0.25, -0.2) is 20.0 Å². The van der Waals surface area contributed by atoms with Crippen molar-refractivity contribution in [3.05, 3.63) is 94.4 Å². The monoisotopic (exact) mass is 565 g/mol. The van der Waals surface area contributed by atoms with E-state index in [1.807, 2.05) is 55.4 Å². The van der Waals surface area contributed by atoms with Crippen molar-refractivity contribution in [2.45, 2.75) is 12.5 Å². The van der Waals surface area contributed by atoms with Gasteiger partial charge in [0, 0.05) is 67.4 Å². The standard InChI is InChI=1S/C30H31N9O3/c1-38(2)30-34-15-22(16-35-30)26-23-8-6-5-7-20(23)17-36-39(26)25(40)10-9-19-11-18(13-24(41-3)27(19)42-4)12-21-14-33-29(32)37-28(21)31/h5-11,13-17,26H,12H2,1-4H3,(H4,31,32,33,37)/b10-9+/t26-/m1/s1. The Morgan fingerprint density at radius 3 is 2.50 bits per heavy atom. The van der Waals surface area contributed by atoms with E-state index < -0.39 is 6.04 Å². The molecule has 4 N–H and O–H groups in total. The number of amides is 1. The Hall–Kier alpha value is -5.52. The van der Waals surface area contributed by atoms with E-state index in [2.05, 4.69) is 25.0 Å². The molecule has 1 aliphatic heterocycles. The number of anilines is 3. The highest BCUT2D eigenvalue weighted by atomic mass is 16.5. The van der Waals surface area contributed by atoms with Crippen molar-refractivity contribution in [1.82, 2.24) is 24.9 Å². The molecule has 0 unspecified atom stereocenters. The highest BCUT2D eigenvalue weighted by molar-refractivity contribution is 5.95. The summed E-state index contributed by atoms with van der Waals surface area (Å²) in [6.07, 6.45) is 10.3. The summed E-state index contributed by atoms with van der Waals surface area (Å²) in [5.74, 6) is 1.59. The summed E-state index contributed by atoms with van der Waals surface area (Å²) in [6, 6.07) is 11.0. The molecule has 12 nitrogen and oxygen atoms in total. The first-order valence-electron chi connectivity index (χ1n) is 13.0. The predicted octanol–water partition coefficient (Wildman–Crippen LogP) is 3.08. The lowest BCUT2D eigenvalue weighted by atomic mass is 9.94. The minimum Gasteiger partial charge on any atom is -0.493 e. The molecule has 12 heteroatoms. The number of fused-ring (bicyclic) bond motifs is 1. The quantitative estimate of drug-likeness (QED) is 0.304. The Labute approximate surface area is 243 Å². The van der Waals surface area contributed by atoms with E-state index in [0.717, 1.165) is 22.3 Å². The van der Waals surface area contributed by atoms with Gasteiger partial charge in [-0.2, -0.15) is 10.1 Å². The number of carbonyl (C=O) groups excluding carboxylic acids is 1. The van der Waals surface area contributed by atoms with E-state index in [0.29, 0.717) is 40.8 Å². The van der Waals surface area contributed by atoms with E-state index in [1.165, 1.54) is 11.1 Å². The number of hydrogen-bond donors (Lipinski definition) is 2. The zero-order valence-electron chi connectivity index (χ0n) is 23.7. The van der Waals surface area contributed by atoms with Gasteiger partial charge in [0.2, 0.25) is 11.9 Å². The lowest BCUT2D eigenvalue weighted by Crippen LogP contribution is -2.33. The molecule has 42 heavy (non-hydrogen) atoms.